The lowest BCUT2D eigenvalue weighted by Gasteiger charge is -2.18. The van der Waals surface area contributed by atoms with Gasteiger partial charge in [-0.3, -0.25) is 0 Å². The number of nitrogens with one attached hydrogen (secondary N) is 1. The van der Waals surface area contributed by atoms with Crippen molar-refractivity contribution in [2.45, 2.75) is 25.2 Å². The second-order valence-corrected chi connectivity index (χ2v) is 5.44. The molecule has 118 valence electrons. The van der Waals surface area contributed by atoms with Crippen LogP contribution < -0.4 is 14.8 Å². The zero-order valence-corrected chi connectivity index (χ0v) is 13.0. The average molecular weight is 303 g/mol. The number of rotatable bonds is 5. The number of piperidine rings is 1. The fraction of sp³-hybridized carbons (Fsp3) is 0.500. The Kier molecular flexibility index (Phi) is 4.58. The minimum Gasteiger partial charge on any atom is -0.493 e. The van der Waals surface area contributed by atoms with E-state index in [1.165, 1.54) is 0 Å². The molecular formula is C16H21N3O3. The number of methoxy groups -OCH3 is 2. The van der Waals surface area contributed by atoms with Gasteiger partial charge in [0.05, 0.1) is 14.2 Å². The predicted molar refractivity (Wildman–Crippen MR) is 81.5 cm³/mol. The molecule has 2 aromatic rings. The summed E-state index contributed by atoms with van der Waals surface area (Å²) in [5, 5.41) is 7.45. The first-order valence-corrected chi connectivity index (χ1v) is 7.54. The highest BCUT2D eigenvalue weighted by molar-refractivity contribution is 5.43. The summed E-state index contributed by atoms with van der Waals surface area (Å²) in [6.07, 6.45) is 2.73. The second kappa shape index (κ2) is 6.79. The molecule has 6 heteroatoms. The Balaban J connectivity index is 1.72. The van der Waals surface area contributed by atoms with Gasteiger partial charge in [0.25, 0.3) is 0 Å². The van der Waals surface area contributed by atoms with Crippen LogP contribution in [0.2, 0.25) is 0 Å². The Hall–Kier alpha value is -2.08. The van der Waals surface area contributed by atoms with Gasteiger partial charge in [-0.15, -0.1) is 0 Å². The lowest BCUT2D eigenvalue weighted by molar-refractivity contribution is 0.318. The maximum absolute atomic E-state index is 5.43. The topological polar surface area (TPSA) is 69.4 Å². The van der Waals surface area contributed by atoms with Crippen molar-refractivity contribution >= 4 is 0 Å². The van der Waals surface area contributed by atoms with Gasteiger partial charge in [-0.2, -0.15) is 4.98 Å². The van der Waals surface area contributed by atoms with Crippen LogP contribution in [0, 0.1) is 0 Å². The smallest absolute Gasteiger partial charge is 0.229 e. The first kappa shape index (κ1) is 14.8. The molecular weight excluding hydrogens is 282 g/mol. The summed E-state index contributed by atoms with van der Waals surface area (Å²) in [6, 6.07) is 5.82. The number of nitrogens with zero attached hydrogens (tertiary/aromatic N) is 2. The van der Waals surface area contributed by atoms with Crippen molar-refractivity contribution in [1.82, 2.24) is 15.5 Å². The third-order valence-corrected chi connectivity index (χ3v) is 3.98. The fourth-order valence-corrected chi connectivity index (χ4v) is 2.75. The van der Waals surface area contributed by atoms with Crippen molar-refractivity contribution in [1.29, 1.82) is 0 Å². The molecule has 1 aliphatic heterocycles. The SMILES string of the molecule is COc1ccc(Cc2noc(C3CCNCC3)n2)cc1OC. The molecule has 1 aliphatic rings. The van der Waals surface area contributed by atoms with E-state index in [9.17, 15) is 0 Å². The van der Waals surface area contributed by atoms with Crippen molar-refractivity contribution in [2.75, 3.05) is 27.3 Å². The van der Waals surface area contributed by atoms with Gasteiger partial charge in [0.15, 0.2) is 17.3 Å². The van der Waals surface area contributed by atoms with E-state index >= 15 is 0 Å². The second-order valence-electron chi connectivity index (χ2n) is 5.44. The van der Waals surface area contributed by atoms with E-state index in [4.69, 9.17) is 14.0 Å². The van der Waals surface area contributed by atoms with Gasteiger partial charge >= 0.3 is 0 Å². The van der Waals surface area contributed by atoms with Gasteiger partial charge < -0.3 is 19.3 Å². The van der Waals surface area contributed by atoms with Gasteiger partial charge in [0.2, 0.25) is 5.89 Å². The molecule has 1 aromatic carbocycles. The molecule has 0 aliphatic carbocycles. The summed E-state index contributed by atoms with van der Waals surface area (Å²) in [7, 11) is 3.26. The molecule has 0 amide bonds. The third-order valence-electron chi connectivity index (χ3n) is 3.98. The highest BCUT2D eigenvalue weighted by Crippen LogP contribution is 2.29. The van der Waals surface area contributed by atoms with Crippen LogP contribution in [-0.4, -0.2) is 37.4 Å². The zero-order valence-electron chi connectivity index (χ0n) is 13.0. The van der Waals surface area contributed by atoms with Crippen LogP contribution in [0.25, 0.3) is 0 Å². The molecule has 6 nitrogen and oxygen atoms in total. The maximum atomic E-state index is 5.43. The number of ether oxygens (including phenoxy) is 2. The van der Waals surface area contributed by atoms with E-state index in [-0.39, 0.29) is 0 Å². The fourth-order valence-electron chi connectivity index (χ4n) is 2.75. The average Bonchev–Trinajstić information content (AvgIpc) is 3.04. The van der Waals surface area contributed by atoms with Crippen molar-refractivity contribution < 1.29 is 14.0 Å². The standard InChI is InChI=1S/C16H21N3O3/c1-20-13-4-3-11(9-14(13)21-2)10-15-18-16(22-19-15)12-5-7-17-8-6-12/h3-4,9,12,17H,5-8,10H2,1-2H3. The van der Waals surface area contributed by atoms with E-state index in [1.807, 2.05) is 18.2 Å². The molecule has 1 aromatic heterocycles. The Labute approximate surface area is 129 Å². The largest absolute Gasteiger partial charge is 0.493 e. The molecule has 0 spiro atoms. The van der Waals surface area contributed by atoms with E-state index in [0.29, 0.717) is 23.9 Å². The van der Waals surface area contributed by atoms with Crippen LogP contribution in [0.3, 0.4) is 0 Å². The van der Waals surface area contributed by atoms with Crippen LogP contribution in [-0.2, 0) is 6.42 Å². The minimum absolute atomic E-state index is 0.382. The summed E-state index contributed by atoms with van der Waals surface area (Å²) < 4.78 is 16.0. The third kappa shape index (κ3) is 3.22. The molecule has 0 unspecified atom stereocenters. The molecule has 2 heterocycles. The molecule has 1 saturated heterocycles. The lowest BCUT2D eigenvalue weighted by atomic mass is 9.98. The number of benzene rings is 1. The number of hydrogen-bond donors (Lipinski definition) is 1. The monoisotopic (exact) mass is 303 g/mol. The predicted octanol–water partition coefficient (Wildman–Crippen LogP) is 2.14. The first-order valence-electron chi connectivity index (χ1n) is 7.54. The van der Waals surface area contributed by atoms with Crippen LogP contribution in [0.5, 0.6) is 11.5 Å². The van der Waals surface area contributed by atoms with Gasteiger partial charge in [-0.25, -0.2) is 0 Å². The molecule has 1 N–H and O–H groups in total. The minimum atomic E-state index is 0.382. The van der Waals surface area contributed by atoms with Gasteiger partial charge in [0.1, 0.15) is 0 Å². The quantitative estimate of drug-likeness (QED) is 0.912. The summed E-state index contributed by atoms with van der Waals surface area (Å²) in [5.74, 6) is 3.28. The van der Waals surface area contributed by atoms with E-state index < -0.39 is 0 Å². The summed E-state index contributed by atoms with van der Waals surface area (Å²) in [5.41, 5.74) is 1.07. The summed E-state index contributed by atoms with van der Waals surface area (Å²) in [4.78, 5) is 4.55. The van der Waals surface area contributed by atoms with Crippen LogP contribution in [0.15, 0.2) is 22.7 Å². The highest BCUT2D eigenvalue weighted by atomic mass is 16.5. The molecule has 0 bridgehead atoms. The van der Waals surface area contributed by atoms with Gasteiger partial charge in [0, 0.05) is 12.3 Å². The summed E-state index contributed by atoms with van der Waals surface area (Å²) >= 11 is 0. The van der Waals surface area contributed by atoms with Crippen LogP contribution >= 0.6 is 0 Å². The Morgan fingerprint density at radius 2 is 1.95 bits per heavy atom. The van der Waals surface area contributed by atoms with Crippen molar-refractivity contribution in [3.63, 3.8) is 0 Å². The molecule has 0 radical (unpaired) electrons. The summed E-state index contributed by atoms with van der Waals surface area (Å²) in [6.45, 7) is 2.02. The molecule has 22 heavy (non-hydrogen) atoms. The van der Waals surface area contributed by atoms with E-state index in [2.05, 4.69) is 15.5 Å². The lowest BCUT2D eigenvalue weighted by Crippen LogP contribution is -2.26. The van der Waals surface area contributed by atoms with Crippen molar-refractivity contribution in [2.24, 2.45) is 0 Å². The van der Waals surface area contributed by atoms with Gasteiger partial charge in [-0.1, -0.05) is 11.2 Å². The van der Waals surface area contributed by atoms with Gasteiger partial charge in [-0.05, 0) is 43.6 Å². The Morgan fingerprint density at radius 3 is 2.68 bits per heavy atom. The molecule has 1 fully saturated rings. The van der Waals surface area contributed by atoms with Crippen LogP contribution in [0.4, 0.5) is 0 Å². The molecule has 0 saturated carbocycles. The first-order chi connectivity index (χ1) is 10.8. The molecule has 0 atom stereocenters. The maximum Gasteiger partial charge on any atom is 0.229 e. The van der Waals surface area contributed by atoms with Crippen LogP contribution in [0.1, 0.15) is 36.0 Å². The Bertz CT molecular complexity index is 621. The molecule has 3 rings (SSSR count). The van der Waals surface area contributed by atoms with E-state index in [1.54, 1.807) is 14.2 Å². The Morgan fingerprint density at radius 1 is 1.18 bits per heavy atom. The van der Waals surface area contributed by atoms with Crippen molar-refractivity contribution in [3.8, 4) is 11.5 Å². The zero-order chi connectivity index (χ0) is 15.4. The van der Waals surface area contributed by atoms with Crippen molar-refractivity contribution in [3.05, 3.63) is 35.5 Å². The number of hydrogen-bond acceptors (Lipinski definition) is 6. The number of aromatic nitrogens is 2. The van der Waals surface area contributed by atoms with E-state index in [0.717, 1.165) is 43.1 Å². The highest BCUT2D eigenvalue weighted by Gasteiger charge is 2.21. The normalized spacial score (nSPS) is 15.7.